The van der Waals surface area contributed by atoms with Crippen LogP contribution in [0.1, 0.15) is 24.8 Å². The van der Waals surface area contributed by atoms with Crippen LogP contribution in [0.5, 0.6) is 0 Å². The van der Waals surface area contributed by atoms with Crippen molar-refractivity contribution >= 4 is 23.5 Å². The van der Waals surface area contributed by atoms with Gasteiger partial charge in [-0.1, -0.05) is 30.2 Å². The van der Waals surface area contributed by atoms with E-state index in [1.54, 1.807) is 12.4 Å². The number of halogens is 1. The van der Waals surface area contributed by atoms with Crippen molar-refractivity contribution < 1.29 is 0 Å². The summed E-state index contributed by atoms with van der Waals surface area (Å²) in [6, 6.07) is 10.2. The van der Waals surface area contributed by atoms with Gasteiger partial charge in [0.1, 0.15) is 0 Å². The third-order valence-corrected chi connectivity index (χ3v) is 6.23. The number of hydrogen-bond acceptors (Lipinski definition) is 4. The van der Waals surface area contributed by atoms with Crippen molar-refractivity contribution in [1.29, 1.82) is 0 Å². The van der Waals surface area contributed by atoms with Crippen LogP contribution in [0, 0.1) is 0 Å². The SMILES string of the molecule is CN=C(NCC1(c2ccc(Cl)cc2)CCC1)N1CCN(c2ncccn2)CC1. The number of benzene rings is 1. The van der Waals surface area contributed by atoms with E-state index in [1.165, 1.54) is 24.8 Å². The molecule has 2 fully saturated rings. The number of piperazine rings is 1. The number of nitrogens with one attached hydrogen (secondary N) is 1. The zero-order chi connectivity index (χ0) is 19.4. The summed E-state index contributed by atoms with van der Waals surface area (Å²) in [7, 11) is 1.87. The fourth-order valence-corrected chi connectivity index (χ4v) is 4.25. The van der Waals surface area contributed by atoms with Crippen LogP contribution in [0.4, 0.5) is 5.95 Å². The second-order valence-electron chi connectivity index (χ2n) is 7.56. The van der Waals surface area contributed by atoms with Gasteiger partial charge in [0.15, 0.2) is 5.96 Å². The maximum absolute atomic E-state index is 6.08. The lowest BCUT2D eigenvalue weighted by Gasteiger charge is -2.44. The molecule has 4 rings (SSSR count). The number of rotatable bonds is 4. The molecule has 1 saturated heterocycles. The molecular formula is C21H27ClN6. The summed E-state index contributed by atoms with van der Waals surface area (Å²) in [6.07, 6.45) is 7.28. The van der Waals surface area contributed by atoms with Crippen LogP contribution in [0.3, 0.4) is 0 Å². The summed E-state index contributed by atoms with van der Waals surface area (Å²) < 4.78 is 0. The molecule has 0 radical (unpaired) electrons. The van der Waals surface area contributed by atoms with Gasteiger partial charge in [0.05, 0.1) is 0 Å². The summed E-state index contributed by atoms with van der Waals surface area (Å²) in [4.78, 5) is 17.8. The van der Waals surface area contributed by atoms with Gasteiger partial charge in [-0.05, 0) is 36.6 Å². The largest absolute Gasteiger partial charge is 0.355 e. The summed E-state index contributed by atoms with van der Waals surface area (Å²) in [6.45, 7) is 4.52. The Hall–Kier alpha value is -2.34. The van der Waals surface area contributed by atoms with Crippen LogP contribution in [-0.2, 0) is 5.41 Å². The molecule has 1 aromatic carbocycles. The highest BCUT2D eigenvalue weighted by molar-refractivity contribution is 6.30. The molecule has 0 amide bonds. The fraction of sp³-hybridized carbons (Fsp3) is 0.476. The Kier molecular flexibility index (Phi) is 5.67. The van der Waals surface area contributed by atoms with Crippen LogP contribution in [-0.4, -0.2) is 60.6 Å². The van der Waals surface area contributed by atoms with Crippen LogP contribution < -0.4 is 10.2 Å². The first-order valence-electron chi connectivity index (χ1n) is 9.94. The molecule has 0 spiro atoms. The minimum atomic E-state index is 0.195. The number of anilines is 1. The maximum Gasteiger partial charge on any atom is 0.225 e. The Morgan fingerprint density at radius 1 is 1.11 bits per heavy atom. The van der Waals surface area contributed by atoms with Gasteiger partial charge in [0.25, 0.3) is 0 Å². The van der Waals surface area contributed by atoms with Gasteiger partial charge < -0.3 is 15.1 Å². The Bertz CT molecular complexity index is 795. The highest BCUT2D eigenvalue weighted by atomic mass is 35.5. The van der Waals surface area contributed by atoms with Crippen LogP contribution in [0.2, 0.25) is 5.02 Å². The molecule has 2 aromatic rings. The minimum Gasteiger partial charge on any atom is -0.355 e. The van der Waals surface area contributed by atoms with Crippen molar-refractivity contribution in [3.05, 3.63) is 53.3 Å². The fourth-order valence-electron chi connectivity index (χ4n) is 4.13. The van der Waals surface area contributed by atoms with E-state index >= 15 is 0 Å². The topological polar surface area (TPSA) is 56.7 Å². The van der Waals surface area contributed by atoms with Crippen molar-refractivity contribution in [3.63, 3.8) is 0 Å². The quantitative estimate of drug-likeness (QED) is 0.633. The molecule has 2 aliphatic rings. The molecule has 2 heterocycles. The van der Waals surface area contributed by atoms with Gasteiger partial charge in [-0.3, -0.25) is 4.99 Å². The molecule has 28 heavy (non-hydrogen) atoms. The second kappa shape index (κ2) is 8.35. The zero-order valence-electron chi connectivity index (χ0n) is 16.3. The third-order valence-electron chi connectivity index (χ3n) is 5.98. The monoisotopic (exact) mass is 398 g/mol. The Balaban J connectivity index is 1.36. The van der Waals surface area contributed by atoms with Crippen molar-refractivity contribution in [2.75, 3.05) is 44.7 Å². The number of aromatic nitrogens is 2. The van der Waals surface area contributed by atoms with Crippen LogP contribution in [0.15, 0.2) is 47.7 Å². The van der Waals surface area contributed by atoms with E-state index in [9.17, 15) is 0 Å². The number of guanidine groups is 1. The van der Waals surface area contributed by atoms with Crippen molar-refractivity contribution in [1.82, 2.24) is 20.2 Å². The molecule has 7 heteroatoms. The molecule has 1 N–H and O–H groups in total. The Labute approximate surface area is 171 Å². The Morgan fingerprint density at radius 2 is 1.79 bits per heavy atom. The third kappa shape index (κ3) is 3.92. The molecular weight excluding hydrogens is 372 g/mol. The molecule has 0 unspecified atom stereocenters. The molecule has 1 aromatic heterocycles. The van der Waals surface area contributed by atoms with E-state index < -0.39 is 0 Å². The van der Waals surface area contributed by atoms with E-state index in [0.29, 0.717) is 0 Å². The highest BCUT2D eigenvalue weighted by Crippen LogP contribution is 2.43. The molecule has 1 saturated carbocycles. The van der Waals surface area contributed by atoms with Gasteiger partial charge in [-0.15, -0.1) is 0 Å². The predicted octanol–water partition coefficient (Wildman–Crippen LogP) is 2.95. The smallest absolute Gasteiger partial charge is 0.225 e. The van der Waals surface area contributed by atoms with E-state index in [4.69, 9.17) is 11.6 Å². The lowest BCUT2D eigenvalue weighted by atomic mass is 9.64. The van der Waals surface area contributed by atoms with E-state index in [-0.39, 0.29) is 5.41 Å². The molecule has 148 valence electrons. The summed E-state index contributed by atoms with van der Waals surface area (Å²) in [5.74, 6) is 1.79. The first kappa shape index (κ1) is 19.0. The molecule has 0 atom stereocenters. The lowest BCUT2D eigenvalue weighted by Crippen LogP contribution is -2.55. The summed E-state index contributed by atoms with van der Waals surface area (Å²) in [5, 5.41) is 4.44. The van der Waals surface area contributed by atoms with Gasteiger partial charge >= 0.3 is 0 Å². The van der Waals surface area contributed by atoms with Gasteiger partial charge in [0.2, 0.25) is 5.95 Å². The molecule has 0 bridgehead atoms. The first-order valence-corrected chi connectivity index (χ1v) is 10.3. The average molecular weight is 399 g/mol. The predicted molar refractivity (Wildman–Crippen MR) is 114 cm³/mol. The van der Waals surface area contributed by atoms with E-state index in [0.717, 1.165) is 49.7 Å². The molecule has 1 aliphatic heterocycles. The normalized spacial score (nSPS) is 19.3. The molecule has 1 aliphatic carbocycles. The molecule has 6 nitrogen and oxygen atoms in total. The first-order chi connectivity index (χ1) is 13.7. The average Bonchev–Trinajstić information content (AvgIpc) is 2.72. The summed E-state index contributed by atoms with van der Waals surface area (Å²) in [5.41, 5.74) is 1.57. The number of hydrogen-bond donors (Lipinski definition) is 1. The zero-order valence-corrected chi connectivity index (χ0v) is 17.1. The van der Waals surface area contributed by atoms with Gasteiger partial charge in [-0.2, -0.15) is 0 Å². The Morgan fingerprint density at radius 3 is 2.36 bits per heavy atom. The van der Waals surface area contributed by atoms with Gasteiger partial charge in [0, 0.05) is 62.6 Å². The standard InChI is InChI=1S/C21H27ClN6/c1-23-19(27-12-14-28(15-13-27)20-24-10-3-11-25-20)26-16-21(8-2-9-21)17-4-6-18(22)7-5-17/h3-7,10-11H,2,8-9,12-16H2,1H3,(H,23,26). The van der Waals surface area contributed by atoms with Crippen molar-refractivity contribution in [2.45, 2.75) is 24.7 Å². The van der Waals surface area contributed by atoms with Crippen molar-refractivity contribution in [2.24, 2.45) is 4.99 Å². The van der Waals surface area contributed by atoms with E-state index in [1.807, 2.05) is 25.2 Å². The van der Waals surface area contributed by atoms with Gasteiger partial charge in [-0.25, -0.2) is 9.97 Å². The number of nitrogens with zero attached hydrogens (tertiary/aromatic N) is 5. The lowest BCUT2D eigenvalue weighted by molar-refractivity contribution is 0.240. The van der Waals surface area contributed by atoms with Crippen molar-refractivity contribution in [3.8, 4) is 0 Å². The van der Waals surface area contributed by atoms with E-state index in [2.05, 4.69) is 42.2 Å². The van der Waals surface area contributed by atoms with Crippen LogP contribution in [0.25, 0.3) is 0 Å². The highest BCUT2D eigenvalue weighted by Gasteiger charge is 2.39. The number of aliphatic imine (C=N–C) groups is 1. The minimum absolute atomic E-state index is 0.195. The second-order valence-corrected chi connectivity index (χ2v) is 8.00. The summed E-state index contributed by atoms with van der Waals surface area (Å²) >= 11 is 6.08. The van der Waals surface area contributed by atoms with Crippen LogP contribution >= 0.6 is 11.6 Å². The maximum atomic E-state index is 6.08.